The molecular weight excluding hydrogens is 412 g/mol. The van der Waals surface area contributed by atoms with Gasteiger partial charge in [0.25, 0.3) is 5.19 Å². The number of fused-ring (bicyclic) bond motifs is 1. The molecule has 0 bridgehead atoms. The van der Waals surface area contributed by atoms with E-state index < -0.39 is 0 Å². The van der Waals surface area contributed by atoms with Crippen LogP contribution in [0.1, 0.15) is 38.4 Å². The molecule has 8 nitrogen and oxygen atoms in total. The average molecular weight is 437 g/mol. The third-order valence-electron chi connectivity index (χ3n) is 5.47. The molecule has 0 saturated carbocycles. The summed E-state index contributed by atoms with van der Waals surface area (Å²) in [5.74, 6) is 1.51. The van der Waals surface area contributed by atoms with Gasteiger partial charge in [-0.15, -0.1) is 0 Å². The molecule has 0 amide bonds. The van der Waals surface area contributed by atoms with Gasteiger partial charge in [0.05, 0.1) is 12.3 Å². The van der Waals surface area contributed by atoms with Crippen LogP contribution in [-0.4, -0.2) is 44.8 Å². The molecule has 0 aromatic carbocycles. The number of aromatic nitrogens is 5. The number of anilines is 1. The van der Waals surface area contributed by atoms with E-state index in [1.807, 2.05) is 30.5 Å². The third-order valence-corrected chi connectivity index (χ3v) is 6.35. The fourth-order valence-electron chi connectivity index (χ4n) is 3.60. The summed E-state index contributed by atoms with van der Waals surface area (Å²) in [6.07, 6.45) is 5.62. The topological polar surface area (TPSA) is 90.1 Å². The number of hydrogen-bond donors (Lipinski definition) is 0. The standard InChI is InChI=1S/C22H24N6O2S/c1-14(2)19-26-21(30-27-19)28-10-7-15(8-11-28)13-29-22-25-18-6-5-17(24-20(18)31-22)16-4-3-9-23-12-16/h3-6,9,12,14-15H,7-8,10-11,13H2,1-2H3. The van der Waals surface area contributed by atoms with E-state index in [2.05, 4.69) is 38.9 Å². The molecule has 5 heterocycles. The first kappa shape index (κ1) is 19.9. The molecule has 1 aliphatic heterocycles. The maximum absolute atomic E-state index is 6.04. The highest BCUT2D eigenvalue weighted by molar-refractivity contribution is 7.19. The fraction of sp³-hybridized carbons (Fsp3) is 0.409. The molecule has 4 aromatic rings. The van der Waals surface area contributed by atoms with Crippen molar-refractivity contribution in [2.75, 3.05) is 24.6 Å². The van der Waals surface area contributed by atoms with Crippen LogP contribution >= 0.6 is 11.3 Å². The van der Waals surface area contributed by atoms with E-state index >= 15 is 0 Å². The molecule has 1 saturated heterocycles. The molecule has 0 atom stereocenters. The third kappa shape index (κ3) is 4.36. The van der Waals surface area contributed by atoms with Crippen molar-refractivity contribution in [3.8, 4) is 16.5 Å². The van der Waals surface area contributed by atoms with Crippen LogP contribution in [-0.2, 0) is 0 Å². The van der Waals surface area contributed by atoms with Gasteiger partial charge in [-0.3, -0.25) is 4.98 Å². The Bertz CT molecular complexity index is 1150. The minimum atomic E-state index is 0.271. The smallest absolute Gasteiger partial charge is 0.324 e. The number of ether oxygens (including phenoxy) is 1. The second kappa shape index (κ2) is 8.58. The molecule has 5 rings (SSSR count). The number of rotatable bonds is 6. The van der Waals surface area contributed by atoms with Crippen LogP contribution in [0.4, 0.5) is 6.01 Å². The Morgan fingerprint density at radius 2 is 2.03 bits per heavy atom. The van der Waals surface area contributed by atoms with E-state index in [0.717, 1.165) is 53.4 Å². The summed E-state index contributed by atoms with van der Waals surface area (Å²) in [5.41, 5.74) is 2.75. The molecule has 1 fully saturated rings. The van der Waals surface area contributed by atoms with Gasteiger partial charge in [-0.25, -0.2) is 9.97 Å². The molecule has 0 radical (unpaired) electrons. The quantitative estimate of drug-likeness (QED) is 0.435. The van der Waals surface area contributed by atoms with Gasteiger partial charge >= 0.3 is 6.01 Å². The van der Waals surface area contributed by atoms with Crippen LogP contribution in [0, 0.1) is 5.92 Å². The highest BCUT2D eigenvalue weighted by Crippen LogP contribution is 2.30. The van der Waals surface area contributed by atoms with Crippen molar-refractivity contribution in [3.05, 3.63) is 42.5 Å². The number of nitrogens with zero attached hydrogens (tertiary/aromatic N) is 6. The predicted molar refractivity (Wildman–Crippen MR) is 119 cm³/mol. The summed E-state index contributed by atoms with van der Waals surface area (Å²) >= 11 is 1.49. The van der Waals surface area contributed by atoms with Crippen molar-refractivity contribution in [1.82, 2.24) is 25.1 Å². The summed E-state index contributed by atoms with van der Waals surface area (Å²) in [5, 5.41) is 4.74. The van der Waals surface area contributed by atoms with E-state index in [0.29, 0.717) is 23.7 Å². The van der Waals surface area contributed by atoms with Crippen LogP contribution in [0.5, 0.6) is 5.19 Å². The predicted octanol–water partition coefficient (Wildman–Crippen LogP) is 4.56. The first-order valence-corrected chi connectivity index (χ1v) is 11.4. The molecular formula is C22H24N6O2S. The summed E-state index contributed by atoms with van der Waals surface area (Å²) < 4.78 is 11.5. The highest BCUT2D eigenvalue weighted by Gasteiger charge is 2.24. The van der Waals surface area contributed by atoms with Crippen molar-refractivity contribution in [2.24, 2.45) is 5.92 Å². The number of thiazole rings is 1. The van der Waals surface area contributed by atoms with Gasteiger partial charge in [0.2, 0.25) is 0 Å². The van der Waals surface area contributed by atoms with Gasteiger partial charge in [-0.1, -0.05) is 30.3 Å². The SMILES string of the molecule is CC(C)c1noc(N2CCC(COc3nc4ccc(-c5cccnc5)nc4s3)CC2)n1. The zero-order valence-corrected chi connectivity index (χ0v) is 18.4. The lowest BCUT2D eigenvalue weighted by molar-refractivity contribution is 0.219. The van der Waals surface area contributed by atoms with Gasteiger partial charge < -0.3 is 14.2 Å². The molecule has 0 N–H and O–H groups in total. The Labute approximate surface area is 184 Å². The van der Waals surface area contributed by atoms with E-state index in [-0.39, 0.29) is 5.92 Å². The normalized spacial score (nSPS) is 15.1. The van der Waals surface area contributed by atoms with Crippen molar-refractivity contribution in [1.29, 1.82) is 0 Å². The van der Waals surface area contributed by atoms with Crippen LogP contribution < -0.4 is 9.64 Å². The second-order valence-corrected chi connectivity index (χ2v) is 9.01. The van der Waals surface area contributed by atoms with Crippen molar-refractivity contribution >= 4 is 27.7 Å². The molecule has 0 unspecified atom stereocenters. The van der Waals surface area contributed by atoms with Crippen LogP contribution in [0.2, 0.25) is 0 Å². The monoisotopic (exact) mass is 436 g/mol. The molecule has 31 heavy (non-hydrogen) atoms. The Kier molecular flexibility index (Phi) is 5.50. The average Bonchev–Trinajstić information content (AvgIpc) is 3.45. The van der Waals surface area contributed by atoms with Crippen molar-refractivity contribution in [3.63, 3.8) is 0 Å². The Balaban J connectivity index is 1.18. The molecule has 0 aliphatic carbocycles. The zero-order valence-electron chi connectivity index (χ0n) is 17.6. The summed E-state index contributed by atoms with van der Waals surface area (Å²) in [7, 11) is 0. The number of pyridine rings is 2. The number of piperidine rings is 1. The van der Waals surface area contributed by atoms with Gasteiger partial charge in [0.1, 0.15) is 10.3 Å². The van der Waals surface area contributed by atoms with E-state index in [1.54, 1.807) is 6.20 Å². The van der Waals surface area contributed by atoms with Gasteiger partial charge in [-0.2, -0.15) is 4.98 Å². The first-order chi connectivity index (χ1) is 15.2. The zero-order chi connectivity index (χ0) is 21.2. The first-order valence-electron chi connectivity index (χ1n) is 10.5. The largest absolute Gasteiger partial charge is 0.470 e. The molecule has 0 spiro atoms. The Morgan fingerprint density at radius 3 is 2.77 bits per heavy atom. The molecule has 160 valence electrons. The minimum Gasteiger partial charge on any atom is -0.470 e. The second-order valence-electron chi connectivity index (χ2n) is 8.07. The lowest BCUT2D eigenvalue weighted by Crippen LogP contribution is -2.35. The minimum absolute atomic E-state index is 0.271. The maximum Gasteiger partial charge on any atom is 0.324 e. The van der Waals surface area contributed by atoms with Crippen LogP contribution in [0.3, 0.4) is 0 Å². The Hall–Kier alpha value is -3.07. The molecule has 1 aliphatic rings. The molecule has 9 heteroatoms. The molecule has 4 aromatic heterocycles. The summed E-state index contributed by atoms with van der Waals surface area (Å²) in [6, 6.07) is 8.51. The van der Waals surface area contributed by atoms with Crippen molar-refractivity contribution < 1.29 is 9.26 Å². The Morgan fingerprint density at radius 1 is 1.16 bits per heavy atom. The van der Waals surface area contributed by atoms with E-state index in [4.69, 9.17) is 14.2 Å². The lowest BCUT2D eigenvalue weighted by Gasteiger charge is -2.30. The number of hydrogen-bond acceptors (Lipinski definition) is 9. The summed E-state index contributed by atoms with van der Waals surface area (Å²) in [4.78, 5) is 21.0. The van der Waals surface area contributed by atoms with Crippen LogP contribution in [0.25, 0.3) is 21.6 Å². The van der Waals surface area contributed by atoms with Gasteiger partial charge in [0.15, 0.2) is 5.82 Å². The van der Waals surface area contributed by atoms with E-state index in [9.17, 15) is 0 Å². The van der Waals surface area contributed by atoms with E-state index in [1.165, 1.54) is 11.3 Å². The fourth-order valence-corrected chi connectivity index (χ4v) is 4.40. The van der Waals surface area contributed by atoms with Gasteiger partial charge in [0, 0.05) is 37.0 Å². The van der Waals surface area contributed by atoms with Gasteiger partial charge in [-0.05, 0) is 43.0 Å². The lowest BCUT2D eigenvalue weighted by atomic mass is 9.98. The van der Waals surface area contributed by atoms with Crippen molar-refractivity contribution in [2.45, 2.75) is 32.6 Å². The summed E-state index contributed by atoms with van der Waals surface area (Å²) in [6.45, 7) is 6.57. The highest BCUT2D eigenvalue weighted by atomic mass is 32.1. The van der Waals surface area contributed by atoms with Crippen LogP contribution in [0.15, 0.2) is 41.2 Å². The maximum atomic E-state index is 6.04.